The van der Waals surface area contributed by atoms with Crippen LogP contribution < -0.4 is 0 Å². The number of benzene rings is 2. The lowest BCUT2D eigenvalue weighted by Crippen LogP contribution is -2.37. The molecule has 1 atom stereocenters. The average molecular weight is 269 g/mol. The van der Waals surface area contributed by atoms with Gasteiger partial charge in [-0.1, -0.05) is 42.5 Å². The van der Waals surface area contributed by atoms with Gasteiger partial charge in [0.15, 0.2) is 13.9 Å². The largest absolute Gasteiger partial charge is 0.397 e. The topological polar surface area (TPSA) is 33.0 Å². The molecule has 0 amide bonds. The van der Waals surface area contributed by atoms with Gasteiger partial charge in [0.2, 0.25) is 0 Å². The monoisotopic (exact) mass is 269 g/mol. The van der Waals surface area contributed by atoms with E-state index >= 15 is 0 Å². The van der Waals surface area contributed by atoms with E-state index in [2.05, 4.69) is 37.8 Å². The van der Waals surface area contributed by atoms with Gasteiger partial charge < -0.3 is 4.43 Å². The molecule has 0 saturated carbocycles. The van der Waals surface area contributed by atoms with Crippen LogP contribution in [-0.2, 0) is 10.0 Å². The Balaban J connectivity index is 2.62. The second-order valence-corrected chi connectivity index (χ2v) is 10.3. The minimum Gasteiger partial charge on any atom is -0.397 e. The fraction of sp³-hybridized carbons (Fsp3) is 0.312. The Hall–Kier alpha value is -1.63. The predicted molar refractivity (Wildman–Crippen MR) is 81.3 cm³/mol. The first-order valence-electron chi connectivity index (χ1n) is 6.45. The molecule has 0 aliphatic rings. The minimum atomic E-state index is -1.81. The highest BCUT2D eigenvalue weighted by molar-refractivity contribution is 6.69. The lowest BCUT2D eigenvalue weighted by molar-refractivity contribution is 0.142. The Labute approximate surface area is 115 Å². The summed E-state index contributed by atoms with van der Waals surface area (Å²) in [4.78, 5) is 0. The van der Waals surface area contributed by atoms with E-state index in [9.17, 15) is 5.26 Å². The third kappa shape index (κ3) is 2.86. The van der Waals surface area contributed by atoms with Crippen LogP contribution in [0.3, 0.4) is 0 Å². The van der Waals surface area contributed by atoms with E-state index in [1.165, 1.54) is 0 Å². The zero-order valence-corrected chi connectivity index (χ0v) is 12.9. The number of rotatable bonds is 3. The summed E-state index contributed by atoms with van der Waals surface area (Å²) in [6.45, 7) is 8.18. The van der Waals surface area contributed by atoms with E-state index in [4.69, 9.17) is 4.43 Å². The van der Waals surface area contributed by atoms with Crippen molar-refractivity contribution < 1.29 is 4.43 Å². The van der Waals surface area contributed by atoms with E-state index in [0.29, 0.717) is 0 Å². The molecule has 19 heavy (non-hydrogen) atoms. The van der Waals surface area contributed by atoms with Crippen molar-refractivity contribution in [3.63, 3.8) is 0 Å². The van der Waals surface area contributed by atoms with Crippen molar-refractivity contribution in [2.24, 2.45) is 0 Å². The van der Waals surface area contributed by atoms with Gasteiger partial charge in [-0.05, 0) is 37.3 Å². The standard InChI is InChI=1S/C16H19NOSi/c1-16(12-17,18-19(2,3)4)15-11-7-9-13-8-5-6-10-14(13)15/h5-11H,1-4H3/t16-/m0/s1. The summed E-state index contributed by atoms with van der Waals surface area (Å²) < 4.78 is 6.15. The summed E-state index contributed by atoms with van der Waals surface area (Å²) in [6, 6.07) is 16.5. The smallest absolute Gasteiger partial charge is 0.186 e. The zero-order chi connectivity index (χ0) is 14.1. The van der Waals surface area contributed by atoms with Crippen LogP contribution >= 0.6 is 0 Å². The van der Waals surface area contributed by atoms with E-state index in [1.54, 1.807) is 0 Å². The number of fused-ring (bicyclic) bond motifs is 1. The predicted octanol–water partition coefficient (Wildman–Crippen LogP) is 4.43. The highest BCUT2D eigenvalue weighted by Crippen LogP contribution is 2.33. The molecule has 0 radical (unpaired) electrons. The summed E-state index contributed by atoms with van der Waals surface area (Å²) in [6.07, 6.45) is 0. The molecule has 3 heteroatoms. The number of hydrogen-bond acceptors (Lipinski definition) is 2. The summed E-state index contributed by atoms with van der Waals surface area (Å²) in [7, 11) is -1.81. The summed E-state index contributed by atoms with van der Waals surface area (Å²) in [5.41, 5.74) is 0.0706. The molecule has 0 spiro atoms. The van der Waals surface area contributed by atoms with Crippen LogP contribution in [0.1, 0.15) is 12.5 Å². The van der Waals surface area contributed by atoms with Crippen molar-refractivity contribution in [1.82, 2.24) is 0 Å². The molecule has 0 heterocycles. The van der Waals surface area contributed by atoms with E-state index in [0.717, 1.165) is 16.3 Å². The van der Waals surface area contributed by atoms with Gasteiger partial charge >= 0.3 is 0 Å². The number of nitrogens with zero attached hydrogens (tertiary/aromatic N) is 1. The summed E-state index contributed by atoms with van der Waals surface area (Å²) in [5.74, 6) is 0. The number of nitriles is 1. The van der Waals surface area contributed by atoms with Crippen LogP contribution in [0.25, 0.3) is 10.8 Å². The van der Waals surface area contributed by atoms with Crippen molar-refractivity contribution in [3.8, 4) is 6.07 Å². The molecule has 0 saturated heterocycles. The molecule has 0 aliphatic carbocycles. The molecule has 2 rings (SSSR count). The van der Waals surface area contributed by atoms with Crippen molar-refractivity contribution in [2.45, 2.75) is 32.2 Å². The summed E-state index contributed by atoms with van der Waals surface area (Å²) in [5, 5.41) is 11.8. The number of hydrogen-bond donors (Lipinski definition) is 0. The Kier molecular flexibility index (Phi) is 3.49. The Morgan fingerprint density at radius 2 is 1.68 bits per heavy atom. The molecule has 2 aromatic rings. The van der Waals surface area contributed by atoms with E-state index in [-0.39, 0.29) is 0 Å². The van der Waals surface area contributed by atoms with Crippen molar-refractivity contribution in [2.75, 3.05) is 0 Å². The minimum absolute atomic E-state index is 0.884. The summed E-state index contributed by atoms with van der Waals surface area (Å²) >= 11 is 0. The normalized spacial score (nSPS) is 14.9. The second-order valence-electron chi connectivity index (χ2n) is 5.89. The molecule has 0 aliphatic heterocycles. The first kappa shape index (κ1) is 13.8. The molecular formula is C16H19NOSi. The first-order valence-corrected chi connectivity index (χ1v) is 9.86. The third-order valence-corrected chi connectivity index (χ3v) is 4.05. The quantitative estimate of drug-likeness (QED) is 0.772. The molecule has 0 aromatic heterocycles. The van der Waals surface area contributed by atoms with Gasteiger partial charge in [-0.15, -0.1) is 0 Å². The molecular weight excluding hydrogens is 250 g/mol. The van der Waals surface area contributed by atoms with Gasteiger partial charge in [-0.3, -0.25) is 0 Å². The SMILES string of the molecule is C[C@@](C#N)(O[Si](C)(C)C)c1cccc2ccccc12. The lowest BCUT2D eigenvalue weighted by Gasteiger charge is -2.31. The van der Waals surface area contributed by atoms with E-state index in [1.807, 2.05) is 37.3 Å². The Morgan fingerprint density at radius 1 is 1.05 bits per heavy atom. The highest BCUT2D eigenvalue weighted by atomic mass is 28.4. The van der Waals surface area contributed by atoms with Crippen LogP contribution in [0.4, 0.5) is 0 Å². The van der Waals surface area contributed by atoms with Crippen molar-refractivity contribution in [3.05, 3.63) is 48.0 Å². The second kappa shape index (κ2) is 4.80. The molecule has 2 aromatic carbocycles. The zero-order valence-electron chi connectivity index (χ0n) is 11.9. The highest BCUT2D eigenvalue weighted by Gasteiger charge is 2.34. The molecule has 2 nitrogen and oxygen atoms in total. The average Bonchev–Trinajstić information content (AvgIpc) is 2.36. The molecule has 98 valence electrons. The fourth-order valence-electron chi connectivity index (χ4n) is 2.39. The lowest BCUT2D eigenvalue weighted by atomic mass is 9.92. The Morgan fingerprint density at radius 3 is 2.32 bits per heavy atom. The van der Waals surface area contributed by atoms with Crippen LogP contribution in [0.15, 0.2) is 42.5 Å². The van der Waals surface area contributed by atoms with Crippen molar-refractivity contribution >= 4 is 19.1 Å². The molecule has 0 N–H and O–H groups in total. The van der Waals surface area contributed by atoms with Gasteiger partial charge in [0.25, 0.3) is 0 Å². The van der Waals surface area contributed by atoms with Crippen LogP contribution in [-0.4, -0.2) is 8.32 Å². The van der Waals surface area contributed by atoms with Crippen LogP contribution in [0.2, 0.25) is 19.6 Å². The Bertz CT molecular complexity index is 634. The van der Waals surface area contributed by atoms with Gasteiger partial charge in [-0.25, -0.2) is 0 Å². The maximum absolute atomic E-state index is 9.61. The maximum Gasteiger partial charge on any atom is 0.186 e. The molecule has 0 bridgehead atoms. The van der Waals surface area contributed by atoms with Gasteiger partial charge in [0.05, 0.1) is 0 Å². The maximum atomic E-state index is 9.61. The van der Waals surface area contributed by atoms with Crippen LogP contribution in [0, 0.1) is 11.3 Å². The van der Waals surface area contributed by atoms with Crippen LogP contribution in [0.5, 0.6) is 0 Å². The first-order chi connectivity index (χ1) is 8.86. The van der Waals surface area contributed by atoms with Gasteiger partial charge in [-0.2, -0.15) is 5.26 Å². The fourth-order valence-corrected chi connectivity index (χ4v) is 3.77. The third-order valence-electron chi connectivity index (χ3n) is 3.03. The molecule has 0 fully saturated rings. The van der Waals surface area contributed by atoms with E-state index < -0.39 is 13.9 Å². The molecule has 0 unspecified atom stereocenters. The van der Waals surface area contributed by atoms with Gasteiger partial charge in [0.1, 0.15) is 6.07 Å². The van der Waals surface area contributed by atoms with Gasteiger partial charge in [0, 0.05) is 5.56 Å². The van der Waals surface area contributed by atoms with Crippen molar-refractivity contribution in [1.29, 1.82) is 5.26 Å².